The van der Waals surface area contributed by atoms with Gasteiger partial charge in [-0.25, -0.2) is 4.68 Å². The van der Waals surface area contributed by atoms with Crippen LogP contribution in [0.4, 0.5) is 5.69 Å². The van der Waals surface area contributed by atoms with Crippen LogP contribution in [0.15, 0.2) is 135 Å². The van der Waals surface area contributed by atoms with Crippen LogP contribution in [0.1, 0.15) is 68.1 Å². The SMILES string of the molecule is C=C(/C=C(/C)n1ncc(NC)c1C)c1ccccc1C.C=CC.CC.CCc1ccc(Cc2ccc(-c3ccccc3)cc2)cc1. The van der Waals surface area contributed by atoms with Gasteiger partial charge < -0.3 is 5.32 Å². The number of hydrogen-bond donors (Lipinski definition) is 1. The van der Waals surface area contributed by atoms with Gasteiger partial charge in [0.1, 0.15) is 0 Å². The van der Waals surface area contributed by atoms with E-state index in [0.717, 1.165) is 35.5 Å². The number of nitrogens with zero attached hydrogens (tertiary/aromatic N) is 2. The quantitative estimate of drug-likeness (QED) is 0.140. The highest BCUT2D eigenvalue weighted by molar-refractivity contribution is 5.79. The van der Waals surface area contributed by atoms with Crippen LogP contribution < -0.4 is 5.32 Å². The van der Waals surface area contributed by atoms with Crippen LogP contribution in [-0.2, 0) is 12.8 Å². The molecule has 1 heterocycles. The van der Waals surface area contributed by atoms with Gasteiger partial charge in [-0.1, -0.05) is 137 Å². The first kappa shape index (κ1) is 37.3. The lowest BCUT2D eigenvalue weighted by molar-refractivity contribution is 0.862. The highest BCUT2D eigenvalue weighted by Crippen LogP contribution is 2.23. The second-order valence-electron chi connectivity index (χ2n) is 10.7. The van der Waals surface area contributed by atoms with Gasteiger partial charge in [0.05, 0.1) is 17.6 Å². The minimum atomic E-state index is 0.999. The summed E-state index contributed by atoms with van der Waals surface area (Å²) in [7, 11) is 1.90. The molecule has 5 aromatic rings. The Bertz CT molecular complexity index is 1640. The summed E-state index contributed by atoms with van der Waals surface area (Å²) in [5, 5.41) is 7.53. The number of hydrogen-bond acceptors (Lipinski definition) is 2. The molecule has 0 atom stereocenters. The third-order valence-electron chi connectivity index (χ3n) is 7.39. The minimum Gasteiger partial charge on any atom is -0.385 e. The molecular formula is C43H53N3. The van der Waals surface area contributed by atoms with Crippen molar-refractivity contribution >= 4 is 17.0 Å². The topological polar surface area (TPSA) is 29.9 Å². The number of anilines is 1. The van der Waals surface area contributed by atoms with Crippen molar-refractivity contribution in [1.29, 1.82) is 0 Å². The molecule has 0 aliphatic rings. The van der Waals surface area contributed by atoms with Crippen LogP contribution in [0.2, 0.25) is 0 Å². The van der Waals surface area contributed by atoms with E-state index in [1.54, 1.807) is 6.08 Å². The molecule has 0 saturated carbocycles. The summed E-state index contributed by atoms with van der Waals surface area (Å²) >= 11 is 0. The molecule has 0 spiro atoms. The zero-order chi connectivity index (χ0) is 33.9. The summed E-state index contributed by atoms with van der Waals surface area (Å²) in [5.41, 5.74) is 13.3. The Kier molecular flexibility index (Phi) is 16.4. The zero-order valence-corrected chi connectivity index (χ0v) is 29.3. The van der Waals surface area contributed by atoms with Crippen LogP contribution >= 0.6 is 0 Å². The summed E-state index contributed by atoms with van der Waals surface area (Å²) < 4.78 is 1.93. The van der Waals surface area contributed by atoms with Gasteiger partial charge in [-0.05, 0) is 91.1 Å². The predicted molar refractivity (Wildman–Crippen MR) is 204 cm³/mol. The van der Waals surface area contributed by atoms with Crippen molar-refractivity contribution in [2.75, 3.05) is 12.4 Å². The van der Waals surface area contributed by atoms with Crippen LogP contribution in [0.5, 0.6) is 0 Å². The largest absolute Gasteiger partial charge is 0.385 e. The van der Waals surface area contributed by atoms with Crippen molar-refractivity contribution in [1.82, 2.24) is 9.78 Å². The van der Waals surface area contributed by atoms with Crippen LogP contribution in [0.3, 0.4) is 0 Å². The summed E-state index contributed by atoms with van der Waals surface area (Å²) in [6, 6.07) is 36.6. The molecule has 5 rings (SSSR count). The molecule has 0 saturated heterocycles. The Balaban J connectivity index is 0.000000282. The Morgan fingerprint density at radius 3 is 1.80 bits per heavy atom. The molecule has 0 aliphatic carbocycles. The lowest BCUT2D eigenvalue weighted by Gasteiger charge is -2.09. The van der Waals surface area contributed by atoms with E-state index in [2.05, 4.69) is 134 Å². The monoisotopic (exact) mass is 611 g/mol. The predicted octanol–water partition coefficient (Wildman–Crippen LogP) is 11.8. The average molecular weight is 612 g/mol. The van der Waals surface area contributed by atoms with Crippen molar-refractivity contribution in [3.63, 3.8) is 0 Å². The Labute approximate surface area is 279 Å². The van der Waals surface area contributed by atoms with Crippen molar-refractivity contribution in [2.24, 2.45) is 0 Å². The third kappa shape index (κ3) is 11.2. The van der Waals surface area contributed by atoms with Crippen LogP contribution in [0.25, 0.3) is 22.4 Å². The molecule has 3 heteroatoms. The minimum absolute atomic E-state index is 0.999. The first-order valence-electron chi connectivity index (χ1n) is 16.3. The fraction of sp³-hybridized carbons (Fsp3) is 0.233. The molecule has 3 nitrogen and oxygen atoms in total. The fourth-order valence-corrected chi connectivity index (χ4v) is 4.91. The lowest BCUT2D eigenvalue weighted by atomic mass is 9.99. The summed E-state index contributed by atoms with van der Waals surface area (Å²) in [6.07, 6.45) is 7.76. The van der Waals surface area contributed by atoms with E-state index < -0.39 is 0 Å². The zero-order valence-electron chi connectivity index (χ0n) is 29.3. The molecule has 1 aromatic heterocycles. The lowest BCUT2D eigenvalue weighted by Crippen LogP contribution is -2.00. The molecule has 0 amide bonds. The number of allylic oxidation sites excluding steroid dienone is 4. The Hall–Kier alpha value is -4.89. The summed E-state index contributed by atoms with van der Waals surface area (Å²) in [6.45, 7) is 21.8. The normalized spacial score (nSPS) is 10.2. The number of aryl methyl sites for hydroxylation is 2. The summed E-state index contributed by atoms with van der Waals surface area (Å²) in [4.78, 5) is 0. The van der Waals surface area contributed by atoms with Gasteiger partial charge in [-0.15, -0.1) is 6.58 Å². The van der Waals surface area contributed by atoms with Gasteiger partial charge in [0, 0.05) is 12.7 Å². The molecule has 0 bridgehead atoms. The Morgan fingerprint density at radius 2 is 1.28 bits per heavy atom. The summed E-state index contributed by atoms with van der Waals surface area (Å²) in [5.74, 6) is 0. The van der Waals surface area contributed by atoms with Crippen molar-refractivity contribution in [2.45, 2.75) is 61.3 Å². The number of aromatic nitrogens is 2. The van der Waals surface area contributed by atoms with Crippen LogP contribution in [-0.4, -0.2) is 16.8 Å². The van der Waals surface area contributed by atoms with Crippen molar-refractivity contribution in [3.05, 3.63) is 168 Å². The van der Waals surface area contributed by atoms with Crippen molar-refractivity contribution < 1.29 is 0 Å². The number of benzene rings is 4. The standard InChI is InChI=1S/C21H20.C17H21N3.C3H6.C2H6/c1-2-17-8-10-18(11-9-17)16-19-12-14-21(15-13-19)20-6-4-3-5-7-20;1-12-8-6-7-9-16(12)13(2)10-14(3)20-15(4)17(18-5)11-19-20;1-3-2;1-2/h3-15H,2,16H2,1H3;6-11,18H,2H2,1,3-5H3;3H,1H2,2H3;1-2H3/b;14-10-;;. The molecule has 240 valence electrons. The highest BCUT2D eigenvalue weighted by Gasteiger charge is 2.07. The average Bonchev–Trinajstić information content (AvgIpc) is 3.48. The van der Waals surface area contributed by atoms with Gasteiger partial charge in [0.25, 0.3) is 0 Å². The maximum atomic E-state index is 4.40. The molecule has 0 fully saturated rings. The molecule has 46 heavy (non-hydrogen) atoms. The first-order chi connectivity index (χ1) is 22.3. The highest BCUT2D eigenvalue weighted by atomic mass is 15.3. The van der Waals surface area contributed by atoms with E-state index in [4.69, 9.17) is 0 Å². The maximum absolute atomic E-state index is 4.40. The Morgan fingerprint density at radius 1 is 0.783 bits per heavy atom. The van der Waals surface area contributed by atoms with E-state index >= 15 is 0 Å². The smallest absolute Gasteiger partial charge is 0.0758 e. The van der Waals surface area contributed by atoms with E-state index in [1.807, 2.05) is 64.7 Å². The third-order valence-corrected chi connectivity index (χ3v) is 7.39. The first-order valence-corrected chi connectivity index (χ1v) is 16.3. The van der Waals surface area contributed by atoms with Gasteiger partial charge >= 0.3 is 0 Å². The molecular weight excluding hydrogens is 558 g/mol. The van der Waals surface area contributed by atoms with Crippen LogP contribution in [0, 0.1) is 13.8 Å². The molecule has 0 aliphatic heterocycles. The van der Waals surface area contributed by atoms with E-state index in [9.17, 15) is 0 Å². The van der Waals surface area contributed by atoms with E-state index in [1.165, 1.54) is 38.9 Å². The molecule has 0 radical (unpaired) electrons. The van der Waals surface area contributed by atoms with E-state index in [0.29, 0.717) is 0 Å². The van der Waals surface area contributed by atoms with Gasteiger partial charge in [0.15, 0.2) is 0 Å². The van der Waals surface area contributed by atoms with Gasteiger partial charge in [0.2, 0.25) is 0 Å². The second-order valence-corrected chi connectivity index (χ2v) is 10.7. The molecule has 4 aromatic carbocycles. The molecule has 0 unspecified atom stereocenters. The molecule has 1 N–H and O–H groups in total. The van der Waals surface area contributed by atoms with Gasteiger partial charge in [-0.2, -0.15) is 5.10 Å². The maximum Gasteiger partial charge on any atom is 0.0758 e. The second kappa shape index (κ2) is 20.2. The van der Waals surface area contributed by atoms with Gasteiger partial charge in [-0.3, -0.25) is 0 Å². The van der Waals surface area contributed by atoms with Crippen molar-refractivity contribution in [3.8, 4) is 11.1 Å². The van der Waals surface area contributed by atoms with E-state index in [-0.39, 0.29) is 0 Å². The fourth-order valence-electron chi connectivity index (χ4n) is 4.91. The number of nitrogens with one attached hydrogen (secondary N) is 1. The number of rotatable bonds is 8.